The van der Waals surface area contributed by atoms with Gasteiger partial charge in [-0.2, -0.15) is 0 Å². The topological polar surface area (TPSA) is 48.1 Å². The van der Waals surface area contributed by atoms with Crippen molar-refractivity contribution in [2.75, 3.05) is 5.73 Å². The van der Waals surface area contributed by atoms with Gasteiger partial charge in [-0.3, -0.25) is 0 Å². The number of ether oxygens (including phenoxy) is 1. The van der Waals surface area contributed by atoms with E-state index >= 15 is 0 Å². The Balaban J connectivity index is 2.81. The molecule has 13 heavy (non-hydrogen) atoms. The molecule has 1 atom stereocenters. The maximum atomic E-state index is 5.61. The van der Waals surface area contributed by atoms with E-state index in [1.54, 1.807) is 12.3 Å². The summed E-state index contributed by atoms with van der Waals surface area (Å²) in [5, 5.41) is 0. The molecule has 0 saturated carbocycles. The Kier molecular flexibility index (Phi) is 3.54. The van der Waals surface area contributed by atoms with E-state index in [1.807, 2.05) is 6.92 Å². The Bertz CT molecular complexity index is 291. The van der Waals surface area contributed by atoms with Crippen LogP contribution in [0.5, 0.6) is 5.75 Å². The molecule has 0 fully saturated rings. The molecule has 0 bridgehead atoms. The average molecular weight is 245 g/mol. The smallest absolute Gasteiger partial charge is 0.139 e. The highest BCUT2D eigenvalue weighted by Gasteiger charge is 2.05. The Morgan fingerprint density at radius 2 is 2.38 bits per heavy atom. The fraction of sp³-hybridized carbons (Fsp3) is 0.444. The van der Waals surface area contributed by atoms with Crippen molar-refractivity contribution in [2.45, 2.75) is 26.4 Å². The van der Waals surface area contributed by atoms with Crippen LogP contribution in [0.1, 0.15) is 20.3 Å². The number of hydrogen-bond acceptors (Lipinski definition) is 3. The van der Waals surface area contributed by atoms with Crippen molar-refractivity contribution in [2.24, 2.45) is 0 Å². The lowest BCUT2D eigenvalue weighted by Crippen LogP contribution is -2.10. The van der Waals surface area contributed by atoms with E-state index in [0.29, 0.717) is 5.82 Å². The van der Waals surface area contributed by atoms with Crippen LogP contribution in [0, 0.1) is 0 Å². The first-order chi connectivity index (χ1) is 6.13. The minimum Gasteiger partial charge on any atom is -0.489 e. The number of rotatable bonds is 3. The highest BCUT2D eigenvalue weighted by Crippen LogP contribution is 2.26. The number of anilines is 1. The largest absolute Gasteiger partial charge is 0.489 e. The second-order valence-electron chi connectivity index (χ2n) is 2.88. The highest BCUT2D eigenvalue weighted by molar-refractivity contribution is 9.10. The Hall–Kier alpha value is -0.770. The van der Waals surface area contributed by atoms with Crippen molar-refractivity contribution >= 4 is 21.7 Å². The monoisotopic (exact) mass is 244 g/mol. The summed E-state index contributed by atoms with van der Waals surface area (Å²) in [6, 6.07) is 1.72. The molecule has 72 valence electrons. The average Bonchev–Trinajstić information content (AvgIpc) is 2.11. The minimum atomic E-state index is 0.193. The Labute approximate surface area is 86.4 Å². The summed E-state index contributed by atoms with van der Waals surface area (Å²) >= 11 is 3.35. The third-order valence-corrected chi connectivity index (χ3v) is 2.34. The summed E-state index contributed by atoms with van der Waals surface area (Å²) in [6.45, 7) is 4.09. The first-order valence-corrected chi connectivity index (χ1v) is 5.00. The summed E-state index contributed by atoms with van der Waals surface area (Å²) < 4.78 is 6.44. The lowest BCUT2D eigenvalue weighted by atomic mass is 10.3. The van der Waals surface area contributed by atoms with Crippen LogP contribution in [0.3, 0.4) is 0 Å². The van der Waals surface area contributed by atoms with Gasteiger partial charge in [-0.05, 0) is 29.3 Å². The van der Waals surface area contributed by atoms with Crippen molar-refractivity contribution < 1.29 is 4.74 Å². The molecule has 0 spiro atoms. The molecule has 0 amide bonds. The van der Waals surface area contributed by atoms with Gasteiger partial charge in [-0.25, -0.2) is 4.98 Å². The summed E-state index contributed by atoms with van der Waals surface area (Å²) in [5.41, 5.74) is 5.53. The van der Waals surface area contributed by atoms with Gasteiger partial charge in [-0.15, -0.1) is 0 Å². The molecule has 4 heteroatoms. The van der Waals surface area contributed by atoms with Gasteiger partial charge in [0.2, 0.25) is 0 Å². The van der Waals surface area contributed by atoms with Gasteiger partial charge in [0.1, 0.15) is 11.6 Å². The minimum absolute atomic E-state index is 0.193. The third-order valence-electron chi connectivity index (χ3n) is 1.74. The van der Waals surface area contributed by atoms with E-state index in [-0.39, 0.29) is 6.10 Å². The molecule has 0 radical (unpaired) electrons. The Morgan fingerprint density at radius 3 is 3.00 bits per heavy atom. The van der Waals surface area contributed by atoms with Crippen molar-refractivity contribution in [3.05, 3.63) is 16.7 Å². The van der Waals surface area contributed by atoms with Crippen LogP contribution >= 0.6 is 15.9 Å². The molecule has 1 rings (SSSR count). The van der Waals surface area contributed by atoms with Crippen LogP contribution in [0.15, 0.2) is 16.7 Å². The summed E-state index contributed by atoms with van der Waals surface area (Å²) in [4.78, 5) is 3.92. The van der Waals surface area contributed by atoms with Gasteiger partial charge in [-0.1, -0.05) is 6.92 Å². The summed E-state index contributed by atoms with van der Waals surface area (Å²) in [7, 11) is 0. The molecule has 0 saturated heterocycles. The van der Waals surface area contributed by atoms with Gasteiger partial charge in [0, 0.05) is 12.3 Å². The molecule has 2 N–H and O–H groups in total. The van der Waals surface area contributed by atoms with Crippen LogP contribution in [0.4, 0.5) is 5.82 Å². The van der Waals surface area contributed by atoms with Crippen molar-refractivity contribution in [1.29, 1.82) is 0 Å². The zero-order valence-electron chi connectivity index (χ0n) is 7.75. The molecule has 0 aliphatic carbocycles. The molecule has 1 aromatic heterocycles. The molecular weight excluding hydrogens is 232 g/mol. The maximum absolute atomic E-state index is 5.61. The maximum Gasteiger partial charge on any atom is 0.139 e. The zero-order chi connectivity index (χ0) is 9.84. The summed E-state index contributed by atoms with van der Waals surface area (Å²) in [6.07, 6.45) is 2.81. The van der Waals surface area contributed by atoms with Gasteiger partial charge >= 0.3 is 0 Å². The molecule has 1 aromatic rings. The van der Waals surface area contributed by atoms with Crippen LogP contribution in [0.25, 0.3) is 0 Å². The molecule has 1 heterocycles. The number of hydrogen-bond donors (Lipinski definition) is 1. The first-order valence-electron chi connectivity index (χ1n) is 4.21. The molecule has 3 nitrogen and oxygen atoms in total. The number of halogens is 1. The fourth-order valence-electron chi connectivity index (χ4n) is 0.826. The zero-order valence-corrected chi connectivity index (χ0v) is 9.34. The summed E-state index contributed by atoms with van der Waals surface area (Å²) in [5.74, 6) is 1.23. The van der Waals surface area contributed by atoms with Crippen LogP contribution in [-0.2, 0) is 0 Å². The number of aromatic nitrogens is 1. The van der Waals surface area contributed by atoms with Crippen molar-refractivity contribution in [3.8, 4) is 5.75 Å². The van der Waals surface area contributed by atoms with E-state index in [4.69, 9.17) is 10.5 Å². The predicted molar refractivity (Wildman–Crippen MR) is 56.7 cm³/mol. The van der Waals surface area contributed by atoms with Crippen LogP contribution < -0.4 is 10.5 Å². The molecule has 0 aliphatic rings. The van der Waals surface area contributed by atoms with E-state index in [0.717, 1.165) is 16.6 Å². The second-order valence-corrected chi connectivity index (χ2v) is 3.73. The number of pyridine rings is 1. The molecule has 0 aliphatic heterocycles. The predicted octanol–water partition coefficient (Wildman–Crippen LogP) is 2.60. The lowest BCUT2D eigenvalue weighted by Gasteiger charge is -2.13. The fourth-order valence-corrected chi connectivity index (χ4v) is 1.14. The molecule has 0 aromatic carbocycles. The van der Waals surface area contributed by atoms with E-state index in [2.05, 4.69) is 27.8 Å². The highest BCUT2D eigenvalue weighted by atomic mass is 79.9. The van der Waals surface area contributed by atoms with Gasteiger partial charge in [0.15, 0.2) is 0 Å². The van der Waals surface area contributed by atoms with Crippen molar-refractivity contribution in [3.63, 3.8) is 0 Å². The van der Waals surface area contributed by atoms with E-state index in [1.165, 1.54) is 0 Å². The van der Waals surface area contributed by atoms with Crippen LogP contribution in [0.2, 0.25) is 0 Å². The van der Waals surface area contributed by atoms with Gasteiger partial charge in [0.05, 0.1) is 10.6 Å². The second kappa shape index (κ2) is 4.46. The van der Waals surface area contributed by atoms with E-state index < -0.39 is 0 Å². The van der Waals surface area contributed by atoms with Crippen molar-refractivity contribution in [1.82, 2.24) is 4.98 Å². The molecular formula is C9H13BrN2O. The quantitative estimate of drug-likeness (QED) is 0.890. The van der Waals surface area contributed by atoms with Crippen LogP contribution in [-0.4, -0.2) is 11.1 Å². The number of nitrogens with zero attached hydrogens (tertiary/aromatic N) is 1. The van der Waals surface area contributed by atoms with Gasteiger partial charge in [0.25, 0.3) is 0 Å². The Morgan fingerprint density at radius 1 is 1.69 bits per heavy atom. The lowest BCUT2D eigenvalue weighted by molar-refractivity contribution is 0.216. The number of nitrogen functional groups attached to an aromatic ring is 1. The first kappa shape index (κ1) is 10.3. The third kappa shape index (κ3) is 2.88. The standard InChI is InChI=1S/C9H13BrN2O/c1-3-6(2)13-8-4-9(11)12-5-7(8)10/h4-6H,3H2,1-2H3,(H2,11,12). The van der Waals surface area contributed by atoms with E-state index in [9.17, 15) is 0 Å². The van der Waals surface area contributed by atoms with Gasteiger partial charge < -0.3 is 10.5 Å². The molecule has 1 unspecified atom stereocenters. The number of nitrogens with two attached hydrogens (primary N) is 1. The normalized spacial score (nSPS) is 12.5. The SMILES string of the molecule is CCC(C)Oc1cc(N)ncc1Br.